The Labute approximate surface area is 186 Å². The molecule has 1 aliphatic rings. The molecule has 16 heteroatoms. The Morgan fingerprint density at radius 2 is 1.91 bits per heavy atom. The maximum absolute atomic E-state index is 12.2. The van der Waals surface area contributed by atoms with Crippen molar-refractivity contribution in [3.05, 3.63) is 34.4 Å². The molecule has 1 heterocycles. The zero-order valence-electron chi connectivity index (χ0n) is 17.0. The molecule has 6 N–H and O–H groups in total. The second kappa shape index (κ2) is 10.0. The van der Waals surface area contributed by atoms with Crippen LogP contribution in [0.5, 0.6) is 0 Å². The molecule has 1 amide bonds. The van der Waals surface area contributed by atoms with Gasteiger partial charge in [-0.25, -0.2) is 4.79 Å². The molecule has 0 saturated carbocycles. The van der Waals surface area contributed by atoms with Crippen LogP contribution in [0, 0.1) is 10.1 Å². The van der Waals surface area contributed by atoms with E-state index in [-0.39, 0.29) is 5.69 Å². The van der Waals surface area contributed by atoms with Gasteiger partial charge in [-0.2, -0.15) is 8.42 Å². The first-order valence-electron chi connectivity index (χ1n) is 9.26. The molecule has 0 spiro atoms. The van der Waals surface area contributed by atoms with Crippen molar-refractivity contribution in [1.82, 2.24) is 5.32 Å². The predicted molar refractivity (Wildman–Crippen MR) is 104 cm³/mol. The van der Waals surface area contributed by atoms with Crippen LogP contribution in [0.3, 0.4) is 0 Å². The highest BCUT2D eigenvalue weighted by molar-refractivity contribution is 7.86. The van der Waals surface area contributed by atoms with Crippen LogP contribution in [0.1, 0.15) is 13.3 Å². The average molecular weight is 494 g/mol. The Morgan fingerprint density at radius 1 is 1.33 bits per heavy atom. The molecule has 6 atom stereocenters. The third-order valence-electron chi connectivity index (χ3n) is 4.75. The van der Waals surface area contributed by atoms with Crippen LogP contribution in [-0.2, 0) is 28.6 Å². The Bertz CT molecular complexity index is 999. The number of carboxylic acids is 1. The van der Waals surface area contributed by atoms with Crippen molar-refractivity contribution in [2.45, 2.75) is 54.5 Å². The van der Waals surface area contributed by atoms with E-state index in [9.17, 15) is 48.5 Å². The molecule has 1 aromatic rings. The fourth-order valence-electron chi connectivity index (χ4n) is 3.09. The van der Waals surface area contributed by atoms with Gasteiger partial charge in [-0.3, -0.25) is 19.1 Å². The minimum absolute atomic E-state index is 0.382. The number of amides is 1. The second-order valence-corrected chi connectivity index (χ2v) is 8.83. The van der Waals surface area contributed by atoms with Crippen molar-refractivity contribution in [2.75, 3.05) is 6.61 Å². The Kier molecular flexibility index (Phi) is 8.07. The quantitative estimate of drug-likeness (QED) is 0.118. The summed E-state index contributed by atoms with van der Waals surface area (Å²) in [6.07, 6.45) is -8.70. The first-order chi connectivity index (χ1) is 15.2. The third-order valence-corrected chi connectivity index (χ3v) is 6.05. The lowest BCUT2D eigenvalue weighted by molar-refractivity contribution is -0.384. The highest BCUT2D eigenvalue weighted by Crippen LogP contribution is 2.30. The Hall–Kier alpha value is -2.73. The highest BCUT2D eigenvalue weighted by Gasteiger charge is 2.54. The number of hydrogen-bond donors (Lipinski definition) is 6. The van der Waals surface area contributed by atoms with Crippen molar-refractivity contribution in [1.29, 1.82) is 0 Å². The summed E-state index contributed by atoms with van der Waals surface area (Å²) in [5, 5.41) is 62.9. The van der Waals surface area contributed by atoms with Gasteiger partial charge in [-0.05, 0) is 12.1 Å². The first-order valence-corrected chi connectivity index (χ1v) is 10.7. The van der Waals surface area contributed by atoms with Crippen molar-refractivity contribution in [3.63, 3.8) is 0 Å². The van der Waals surface area contributed by atoms with Gasteiger partial charge in [0.25, 0.3) is 21.6 Å². The number of hydrogen-bond acceptors (Lipinski definition) is 12. The number of aliphatic carboxylic acids is 1. The Morgan fingerprint density at radius 3 is 2.39 bits per heavy atom. The van der Waals surface area contributed by atoms with E-state index in [4.69, 9.17) is 9.84 Å². The van der Waals surface area contributed by atoms with Gasteiger partial charge in [-0.1, -0.05) is 0 Å². The van der Waals surface area contributed by atoms with E-state index in [0.717, 1.165) is 31.2 Å². The number of carbonyl (C=O) groups excluding carboxylic acids is 1. The number of nitro groups is 1. The summed E-state index contributed by atoms with van der Waals surface area (Å²) in [4.78, 5) is 32.1. The number of ether oxygens (including phenoxy) is 1. The zero-order chi connectivity index (χ0) is 25.1. The SMILES string of the molecule is CC(=O)N[C@H]1[C@H]([C@H](O)[C@H](O)COS(=O)(=O)c2ccc([N+](=O)[O-])cc2)OC(O)(C(=O)O)C[C@@H]1O. The minimum atomic E-state index is -4.54. The molecule has 184 valence electrons. The van der Waals surface area contributed by atoms with Gasteiger partial charge in [0.15, 0.2) is 0 Å². The number of aliphatic hydroxyl groups is 4. The average Bonchev–Trinajstić information content (AvgIpc) is 2.73. The van der Waals surface area contributed by atoms with E-state index < -0.39 is 81.1 Å². The highest BCUT2D eigenvalue weighted by atomic mass is 32.2. The molecule has 0 aromatic heterocycles. The predicted octanol–water partition coefficient (Wildman–Crippen LogP) is -2.55. The minimum Gasteiger partial charge on any atom is -0.477 e. The summed E-state index contributed by atoms with van der Waals surface area (Å²) in [6.45, 7) is -0.0425. The number of carboxylic acid groups (broad SMARTS) is 1. The molecule has 0 aliphatic carbocycles. The number of benzene rings is 1. The largest absolute Gasteiger partial charge is 0.477 e. The smallest absolute Gasteiger partial charge is 0.364 e. The molecular formula is C17H22N2O13S. The van der Waals surface area contributed by atoms with E-state index in [0.29, 0.717) is 0 Å². The lowest BCUT2D eigenvalue weighted by Gasteiger charge is -2.44. The molecule has 1 unspecified atom stereocenters. The van der Waals surface area contributed by atoms with Gasteiger partial charge in [0.2, 0.25) is 5.91 Å². The van der Waals surface area contributed by atoms with Crippen LogP contribution in [-0.4, -0.2) is 93.6 Å². The summed E-state index contributed by atoms with van der Waals surface area (Å²) in [6, 6.07) is 2.11. The second-order valence-electron chi connectivity index (χ2n) is 7.22. The molecule has 33 heavy (non-hydrogen) atoms. The number of nitrogens with one attached hydrogen (secondary N) is 1. The molecular weight excluding hydrogens is 472 g/mol. The molecule has 0 bridgehead atoms. The number of nitro benzene ring substituents is 1. The Balaban J connectivity index is 2.17. The van der Waals surface area contributed by atoms with Crippen LogP contribution in [0.15, 0.2) is 29.2 Å². The topological polar surface area (TPSA) is 243 Å². The molecule has 1 aliphatic heterocycles. The number of rotatable bonds is 9. The fourth-order valence-corrected chi connectivity index (χ4v) is 4.01. The number of aliphatic hydroxyl groups excluding tert-OH is 3. The maximum atomic E-state index is 12.2. The van der Waals surface area contributed by atoms with E-state index in [2.05, 4.69) is 9.50 Å². The van der Waals surface area contributed by atoms with Crippen LogP contribution < -0.4 is 5.32 Å². The fraction of sp³-hybridized carbons (Fsp3) is 0.529. The summed E-state index contributed by atoms with van der Waals surface area (Å²) < 4.78 is 34.1. The number of non-ortho nitro benzene ring substituents is 1. The number of carbonyl (C=O) groups is 2. The summed E-state index contributed by atoms with van der Waals surface area (Å²) in [7, 11) is -4.54. The molecule has 2 rings (SSSR count). The van der Waals surface area contributed by atoms with Gasteiger partial charge in [0, 0.05) is 25.5 Å². The molecule has 1 fully saturated rings. The van der Waals surface area contributed by atoms with Crippen LogP contribution in [0.4, 0.5) is 5.69 Å². The van der Waals surface area contributed by atoms with Gasteiger partial charge in [0.1, 0.15) is 18.3 Å². The first kappa shape index (κ1) is 26.5. The maximum Gasteiger partial charge on any atom is 0.364 e. The van der Waals surface area contributed by atoms with Gasteiger partial charge in [-0.15, -0.1) is 0 Å². The van der Waals surface area contributed by atoms with Gasteiger partial charge in [0.05, 0.1) is 28.6 Å². The van der Waals surface area contributed by atoms with Crippen molar-refractivity contribution >= 4 is 27.7 Å². The van der Waals surface area contributed by atoms with Crippen LogP contribution >= 0.6 is 0 Å². The number of nitrogens with zero attached hydrogens (tertiary/aromatic N) is 1. The molecule has 1 saturated heterocycles. The van der Waals surface area contributed by atoms with Gasteiger partial charge >= 0.3 is 5.97 Å². The van der Waals surface area contributed by atoms with E-state index in [1.165, 1.54) is 0 Å². The summed E-state index contributed by atoms with van der Waals surface area (Å²) in [5.41, 5.74) is -0.382. The van der Waals surface area contributed by atoms with E-state index >= 15 is 0 Å². The lowest BCUT2D eigenvalue weighted by Crippen LogP contribution is -2.67. The van der Waals surface area contributed by atoms with Crippen LogP contribution in [0.25, 0.3) is 0 Å². The van der Waals surface area contributed by atoms with Crippen molar-refractivity contribution < 1.29 is 57.4 Å². The monoisotopic (exact) mass is 494 g/mol. The molecule has 15 nitrogen and oxygen atoms in total. The van der Waals surface area contributed by atoms with Crippen LogP contribution in [0.2, 0.25) is 0 Å². The third kappa shape index (κ3) is 6.20. The molecule has 0 radical (unpaired) electrons. The summed E-state index contributed by atoms with van der Waals surface area (Å²) in [5.74, 6) is -5.59. The van der Waals surface area contributed by atoms with E-state index in [1.54, 1.807) is 0 Å². The lowest BCUT2D eigenvalue weighted by atomic mass is 9.88. The summed E-state index contributed by atoms with van der Waals surface area (Å²) >= 11 is 0. The molecule has 1 aromatic carbocycles. The normalized spacial score (nSPS) is 27.4. The van der Waals surface area contributed by atoms with Gasteiger partial charge < -0.3 is 35.6 Å². The van der Waals surface area contributed by atoms with E-state index in [1.807, 2.05) is 0 Å². The van der Waals surface area contributed by atoms with Crippen molar-refractivity contribution in [3.8, 4) is 0 Å². The van der Waals surface area contributed by atoms with Crippen molar-refractivity contribution in [2.24, 2.45) is 0 Å². The standard InChI is InChI=1S/C17H22N2O13S/c1-8(20)18-13-11(21)6-17(26,16(24)25)32-15(13)14(23)12(22)7-31-33(29,30)10-4-2-9(3-5-10)19(27)28/h2-5,11-15,21-23,26H,6-7H2,1H3,(H,18,20)(H,24,25)/t11-,12+,13+,14+,15+,17?/m0/s1. The zero-order valence-corrected chi connectivity index (χ0v) is 17.8.